The van der Waals surface area contributed by atoms with Crippen molar-refractivity contribution in [3.8, 4) is 0 Å². The van der Waals surface area contributed by atoms with Crippen LogP contribution in [0.15, 0.2) is 42.5 Å². The molecular formula is C22H23ClN2O3. The van der Waals surface area contributed by atoms with Gasteiger partial charge >= 0.3 is 0 Å². The Morgan fingerprint density at radius 1 is 1.11 bits per heavy atom. The molecule has 2 aliphatic heterocycles. The fourth-order valence-electron chi connectivity index (χ4n) is 3.81. The summed E-state index contributed by atoms with van der Waals surface area (Å²) in [6.45, 7) is 1.98. The second-order valence-corrected chi connectivity index (χ2v) is 7.69. The maximum Gasteiger partial charge on any atom is 0.258 e. The van der Waals surface area contributed by atoms with Gasteiger partial charge in [0.05, 0.1) is 6.10 Å². The van der Waals surface area contributed by atoms with Crippen molar-refractivity contribution in [3.63, 3.8) is 0 Å². The Morgan fingerprint density at radius 3 is 2.64 bits per heavy atom. The molecule has 0 saturated carbocycles. The van der Waals surface area contributed by atoms with E-state index in [1.54, 1.807) is 35.2 Å². The van der Waals surface area contributed by atoms with Gasteiger partial charge in [-0.3, -0.25) is 9.59 Å². The highest BCUT2D eigenvalue weighted by Crippen LogP contribution is 2.29. The summed E-state index contributed by atoms with van der Waals surface area (Å²) in [6, 6.07) is 12.5. The first-order valence-electron chi connectivity index (χ1n) is 9.72. The highest BCUT2D eigenvalue weighted by Gasteiger charge is 2.25. The Kier molecular flexibility index (Phi) is 5.64. The lowest BCUT2D eigenvalue weighted by atomic mass is 9.98. The molecule has 0 bridgehead atoms. The van der Waals surface area contributed by atoms with E-state index in [1.807, 2.05) is 12.1 Å². The minimum Gasteiger partial charge on any atom is -0.376 e. The molecule has 28 heavy (non-hydrogen) atoms. The number of aryl methyl sites for hydroxylation is 1. The van der Waals surface area contributed by atoms with E-state index in [0.29, 0.717) is 29.2 Å². The molecule has 1 fully saturated rings. The van der Waals surface area contributed by atoms with Crippen molar-refractivity contribution in [1.29, 1.82) is 0 Å². The number of hydrogen-bond acceptors (Lipinski definition) is 3. The zero-order valence-corrected chi connectivity index (χ0v) is 16.4. The van der Waals surface area contributed by atoms with Gasteiger partial charge in [0.2, 0.25) is 0 Å². The average molecular weight is 399 g/mol. The van der Waals surface area contributed by atoms with Crippen molar-refractivity contribution in [2.24, 2.45) is 0 Å². The first-order chi connectivity index (χ1) is 13.6. The Hall–Kier alpha value is -2.37. The highest BCUT2D eigenvalue weighted by atomic mass is 35.5. The summed E-state index contributed by atoms with van der Waals surface area (Å²) >= 11 is 5.93. The molecule has 2 aromatic carbocycles. The van der Waals surface area contributed by atoms with Gasteiger partial charge in [-0.1, -0.05) is 11.6 Å². The molecule has 4 rings (SSSR count). The lowest BCUT2D eigenvalue weighted by molar-refractivity contribution is 0.0857. The quantitative estimate of drug-likeness (QED) is 0.851. The topological polar surface area (TPSA) is 58.6 Å². The van der Waals surface area contributed by atoms with Crippen LogP contribution in [0.25, 0.3) is 0 Å². The molecule has 2 heterocycles. The summed E-state index contributed by atoms with van der Waals surface area (Å²) in [6.07, 6.45) is 3.89. The Balaban J connectivity index is 1.49. The van der Waals surface area contributed by atoms with Crippen LogP contribution in [0.2, 0.25) is 5.02 Å². The van der Waals surface area contributed by atoms with E-state index in [-0.39, 0.29) is 17.9 Å². The van der Waals surface area contributed by atoms with E-state index in [9.17, 15) is 9.59 Å². The van der Waals surface area contributed by atoms with E-state index in [4.69, 9.17) is 16.3 Å². The fraction of sp³-hybridized carbons (Fsp3) is 0.364. The second-order valence-electron chi connectivity index (χ2n) is 7.26. The van der Waals surface area contributed by atoms with E-state index in [2.05, 4.69) is 5.32 Å². The van der Waals surface area contributed by atoms with Crippen molar-refractivity contribution in [2.75, 3.05) is 24.6 Å². The van der Waals surface area contributed by atoms with Gasteiger partial charge in [-0.25, -0.2) is 0 Å². The molecule has 5 nitrogen and oxygen atoms in total. The number of amides is 2. The normalized spacial score (nSPS) is 18.6. The largest absolute Gasteiger partial charge is 0.376 e. The predicted molar refractivity (Wildman–Crippen MR) is 109 cm³/mol. The van der Waals surface area contributed by atoms with Crippen LogP contribution in [0.1, 0.15) is 45.5 Å². The van der Waals surface area contributed by atoms with Crippen LogP contribution in [0.3, 0.4) is 0 Å². The molecule has 2 aromatic rings. The Labute approximate surface area is 169 Å². The van der Waals surface area contributed by atoms with E-state index in [0.717, 1.165) is 43.5 Å². The van der Waals surface area contributed by atoms with E-state index in [1.165, 1.54) is 0 Å². The lowest BCUT2D eigenvalue weighted by Gasteiger charge is -2.30. The van der Waals surface area contributed by atoms with Gasteiger partial charge in [0, 0.05) is 41.5 Å². The minimum absolute atomic E-state index is 0.0480. The van der Waals surface area contributed by atoms with E-state index >= 15 is 0 Å². The Morgan fingerprint density at radius 2 is 1.89 bits per heavy atom. The number of rotatable bonds is 4. The molecule has 146 valence electrons. The van der Waals surface area contributed by atoms with Crippen LogP contribution in [0.5, 0.6) is 0 Å². The van der Waals surface area contributed by atoms with Gasteiger partial charge in [0.25, 0.3) is 11.8 Å². The second kappa shape index (κ2) is 8.33. The van der Waals surface area contributed by atoms with Crippen LogP contribution in [0, 0.1) is 0 Å². The Bertz CT molecular complexity index is 876. The number of nitrogens with zero attached hydrogens (tertiary/aromatic N) is 1. The summed E-state index contributed by atoms with van der Waals surface area (Å²) < 4.78 is 5.55. The first kappa shape index (κ1) is 19.0. The van der Waals surface area contributed by atoms with Crippen molar-refractivity contribution in [3.05, 3.63) is 64.2 Å². The number of carbonyl (C=O) groups is 2. The number of anilines is 1. The standard InChI is InChI=1S/C22H23ClN2O3/c23-18-8-5-15(6-9-18)22(27)25-11-1-3-16-13-17(7-10-20(16)25)21(26)24-14-19-4-2-12-28-19/h5-10,13,19H,1-4,11-12,14H2,(H,24,26)/t19-/m1/s1. The number of fused-ring (bicyclic) bond motifs is 1. The summed E-state index contributed by atoms with van der Waals surface area (Å²) in [7, 11) is 0. The zero-order valence-electron chi connectivity index (χ0n) is 15.6. The van der Waals surface area contributed by atoms with Gasteiger partial charge in [-0.15, -0.1) is 0 Å². The molecule has 1 N–H and O–H groups in total. The monoisotopic (exact) mass is 398 g/mol. The lowest BCUT2D eigenvalue weighted by Crippen LogP contribution is -2.36. The summed E-state index contributed by atoms with van der Waals surface area (Å²) in [4.78, 5) is 27.2. The smallest absolute Gasteiger partial charge is 0.258 e. The minimum atomic E-state index is -0.0977. The van der Waals surface area contributed by atoms with Gasteiger partial charge < -0.3 is 15.0 Å². The van der Waals surface area contributed by atoms with Crippen LogP contribution in [-0.4, -0.2) is 37.6 Å². The van der Waals surface area contributed by atoms with Gasteiger partial charge in [-0.2, -0.15) is 0 Å². The summed E-state index contributed by atoms with van der Waals surface area (Å²) in [5, 5.41) is 3.56. The molecule has 0 aliphatic carbocycles. The van der Waals surface area contributed by atoms with Crippen molar-refractivity contribution < 1.29 is 14.3 Å². The third-order valence-electron chi connectivity index (χ3n) is 5.31. The predicted octanol–water partition coefficient (Wildman–Crippen LogP) is 3.84. The zero-order chi connectivity index (χ0) is 19.5. The van der Waals surface area contributed by atoms with Gasteiger partial charge in [0.15, 0.2) is 0 Å². The molecule has 0 radical (unpaired) electrons. The number of halogens is 1. The van der Waals surface area contributed by atoms with Crippen LogP contribution in [0.4, 0.5) is 5.69 Å². The third kappa shape index (κ3) is 4.05. The molecule has 0 unspecified atom stereocenters. The SMILES string of the molecule is O=C(NC[C@H]1CCCO1)c1ccc2c(c1)CCCN2C(=O)c1ccc(Cl)cc1. The maximum atomic E-state index is 12.9. The number of nitrogens with one attached hydrogen (secondary N) is 1. The molecular weight excluding hydrogens is 376 g/mol. The number of carbonyl (C=O) groups excluding carboxylic acids is 2. The first-order valence-corrected chi connectivity index (χ1v) is 10.1. The maximum absolute atomic E-state index is 12.9. The summed E-state index contributed by atoms with van der Waals surface area (Å²) in [5.41, 5.74) is 3.13. The van der Waals surface area contributed by atoms with Crippen molar-refractivity contribution in [2.45, 2.75) is 31.8 Å². The van der Waals surface area contributed by atoms with Crippen molar-refractivity contribution in [1.82, 2.24) is 5.32 Å². The van der Waals surface area contributed by atoms with Gasteiger partial charge in [0.1, 0.15) is 0 Å². The number of benzene rings is 2. The fourth-order valence-corrected chi connectivity index (χ4v) is 3.94. The summed E-state index contributed by atoms with van der Waals surface area (Å²) in [5.74, 6) is -0.146. The van der Waals surface area contributed by atoms with Gasteiger partial charge in [-0.05, 0) is 73.7 Å². The van der Waals surface area contributed by atoms with Crippen LogP contribution < -0.4 is 10.2 Å². The molecule has 2 aliphatic rings. The van der Waals surface area contributed by atoms with E-state index < -0.39 is 0 Å². The van der Waals surface area contributed by atoms with Crippen LogP contribution in [-0.2, 0) is 11.2 Å². The average Bonchev–Trinajstić information content (AvgIpc) is 3.25. The molecule has 1 atom stereocenters. The molecule has 2 amide bonds. The van der Waals surface area contributed by atoms with Crippen molar-refractivity contribution >= 4 is 29.1 Å². The van der Waals surface area contributed by atoms with Crippen LogP contribution >= 0.6 is 11.6 Å². The third-order valence-corrected chi connectivity index (χ3v) is 5.56. The molecule has 6 heteroatoms. The molecule has 0 aromatic heterocycles. The molecule has 0 spiro atoms. The highest BCUT2D eigenvalue weighted by molar-refractivity contribution is 6.30. The number of ether oxygens (including phenoxy) is 1. The number of hydrogen-bond donors (Lipinski definition) is 1. The molecule has 1 saturated heterocycles.